The fraction of sp³-hybridized carbons (Fsp3) is 0.524. The number of unbranched alkanes of at least 4 members (excludes halogenated alkanes) is 1. The Balaban J connectivity index is 2.17. The molecule has 1 aliphatic heterocycles. The molecule has 26 heavy (non-hydrogen) atoms. The molecule has 0 radical (unpaired) electrons. The molecule has 0 spiro atoms. The first-order valence-electron chi connectivity index (χ1n) is 9.26. The number of carbonyl (C=O) groups excluding carboxylic acids is 2. The Hall–Kier alpha value is -2.06. The Bertz CT molecular complexity index is 699. The summed E-state index contributed by atoms with van der Waals surface area (Å²) in [7, 11) is 0.0225. The second-order valence-corrected chi connectivity index (χ2v) is 12.6. The zero-order chi connectivity index (χ0) is 19.2. The maximum atomic E-state index is 13.0. The van der Waals surface area contributed by atoms with Crippen molar-refractivity contribution in [2.24, 2.45) is 0 Å². The first-order chi connectivity index (χ1) is 12.3. The molecule has 4 nitrogen and oxygen atoms in total. The van der Waals surface area contributed by atoms with E-state index in [2.05, 4.69) is 31.1 Å². The SMILES string of the molecule is COC(=O)C1(CCCC#C[Si](C)(C)C)CCCN1C(=O)c1ccccc1. The number of methoxy groups -OCH3 is 1. The summed E-state index contributed by atoms with van der Waals surface area (Å²) in [5, 5.41) is 0. The topological polar surface area (TPSA) is 46.6 Å². The second kappa shape index (κ2) is 8.55. The van der Waals surface area contributed by atoms with Crippen molar-refractivity contribution in [2.45, 2.75) is 57.3 Å². The monoisotopic (exact) mass is 371 g/mol. The summed E-state index contributed by atoms with van der Waals surface area (Å²) in [6.07, 6.45) is 3.59. The van der Waals surface area contributed by atoms with Crippen LogP contribution in [0.4, 0.5) is 0 Å². The zero-order valence-electron chi connectivity index (χ0n) is 16.3. The van der Waals surface area contributed by atoms with Crippen LogP contribution in [0.3, 0.4) is 0 Å². The number of rotatable bonds is 5. The van der Waals surface area contributed by atoms with E-state index < -0.39 is 13.6 Å². The molecule has 0 aliphatic carbocycles. The minimum absolute atomic E-state index is 0.0957. The number of amides is 1. The van der Waals surface area contributed by atoms with Gasteiger partial charge in [-0.3, -0.25) is 4.79 Å². The molecule has 1 aromatic rings. The van der Waals surface area contributed by atoms with E-state index >= 15 is 0 Å². The summed E-state index contributed by atoms with van der Waals surface area (Å²) >= 11 is 0. The van der Waals surface area contributed by atoms with Crippen molar-refractivity contribution in [3.8, 4) is 11.5 Å². The van der Waals surface area contributed by atoms with Crippen LogP contribution < -0.4 is 0 Å². The lowest BCUT2D eigenvalue weighted by Crippen LogP contribution is -2.53. The summed E-state index contributed by atoms with van der Waals surface area (Å²) in [5.41, 5.74) is 3.11. The van der Waals surface area contributed by atoms with Crippen LogP contribution in [0.15, 0.2) is 30.3 Å². The van der Waals surface area contributed by atoms with Gasteiger partial charge in [-0.05, 0) is 37.8 Å². The molecule has 1 atom stereocenters. The number of likely N-dealkylation sites (tertiary alicyclic amines) is 1. The van der Waals surface area contributed by atoms with Crippen LogP contribution in [-0.2, 0) is 9.53 Å². The first kappa shape index (κ1) is 20.3. The van der Waals surface area contributed by atoms with Gasteiger partial charge in [0, 0.05) is 18.5 Å². The Morgan fingerprint density at radius 3 is 2.54 bits per heavy atom. The minimum atomic E-state index is -1.38. The van der Waals surface area contributed by atoms with E-state index in [0.717, 1.165) is 19.3 Å². The lowest BCUT2D eigenvalue weighted by Gasteiger charge is -2.36. The van der Waals surface area contributed by atoms with E-state index in [-0.39, 0.29) is 11.9 Å². The van der Waals surface area contributed by atoms with E-state index in [1.54, 1.807) is 17.0 Å². The number of hydrogen-bond acceptors (Lipinski definition) is 3. The fourth-order valence-corrected chi connectivity index (χ4v) is 4.13. The van der Waals surface area contributed by atoms with E-state index in [1.165, 1.54) is 7.11 Å². The molecule has 1 aliphatic rings. The lowest BCUT2D eigenvalue weighted by molar-refractivity contribution is -0.152. The molecule has 1 fully saturated rings. The highest BCUT2D eigenvalue weighted by Crippen LogP contribution is 2.36. The number of carbonyl (C=O) groups is 2. The third kappa shape index (κ3) is 4.76. The number of benzene rings is 1. The smallest absolute Gasteiger partial charge is 0.331 e. The van der Waals surface area contributed by atoms with Crippen molar-refractivity contribution in [2.75, 3.05) is 13.7 Å². The van der Waals surface area contributed by atoms with Gasteiger partial charge in [0.25, 0.3) is 5.91 Å². The van der Waals surface area contributed by atoms with Gasteiger partial charge < -0.3 is 9.64 Å². The standard InChI is InChI=1S/C21H29NO3Si/c1-25-20(24)21(14-9-6-10-17-26(2,3)4)15-11-16-22(21)19(23)18-12-7-5-8-13-18/h5,7-8,12-13H,6,9,11,14-16H2,1-4H3. The van der Waals surface area contributed by atoms with Gasteiger partial charge >= 0.3 is 5.97 Å². The third-order valence-corrected chi connectivity index (χ3v) is 5.60. The van der Waals surface area contributed by atoms with Crippen LogP contribution in [0.25, 0.3) is 0 Å². The van der Waals surface area contributed by atoms with Crippen molar-refractivity contribution >= 4 is 20.0 Å². The molecule has 1 unspecified atom stereocenters. The summed E-state index contributed by atoms with van der Waals surface area (Å²) < 4.78 is 5.10. The van der Waals surface area contributed by atoms with E-state index in [0.29, 0.717) is 24.9 Å². The van der Waals surface area contributed by atoms with Crippen LogP contribution in [0.5, 0.6) is 0 Å². The van der Waals surface area contributed by atoms with Gasteiger partial charge in [0.15, 0.2) is 0 Å². The van der Waals surface area contributed by atoms with Crippen molar-refractivity contribution < 1.29 is 14.3 Å². The quantitative estimate of drug-likeness (QED) is 0.341. The van der Waals surface area contributed by atoms with Gasteiger partial charge in [0.05, 0.1) is 7.11 Å². The maximum Gasteiger partial charge on any atom is 0.331 e. The molecule has 5 heteroatoms. The number of hydrogen-bond donors (Lipinski definition) is 0. The van der Waals surface area contributed by atoms with Gasteiger partial charge in [-0.2, -0.15) is 0 Å². The largest absolute Gasteiger partial charge is 0.467 e. The van der Waals surface area contributed by atoms with E-state index in [4.69, 9.17) is 4.74 Å². The summed E-state index contributed by atoms with van der Waals surface area (Å²) in [6.45, 7) is 7.23. The highest BCUT2D eigenvalue weighted by atomic mass is 28.3. The summed E-state index contributed by atoms with van der Waals surface area (Å²) in [4.78, 5) is 27.4. The molecule has 1 heterocycles. The molecule has 1 amide bonds. The van der Waals surface area contributed by atoms with Crippen molar-refractivity contribution in [3.63, 3.8) is 0 Å². The van der Waals surface area contributed by atoms with Crippen LogP contribution in [0, 0.1) is 11.5 Å². The molecule has 1 saturated heterocycles. The molecule has 2 rings (SSSR count). The molecule has 0 N–H and O–H groups in total. The normalized spacial score (nSPS) is 19.6. The van der Waals surface area contributed by atoms with Gasteiger partial charge in [-0.15, -0.1) is 11.5 Å². The zero-order valence-corrected chi connectivity index (χ0v) is 17.3. The van der Waals surface area contributed by atoms with Gasteiger partial charge in [0.2, 0.25) is 0 Å². The molecule has 140 valence electrons. The maximum absolute atomic E-state index is 13.0. The third-order valence-electron chi connectivity index (χ3n) is 4.68. The molecule has 0 bridgehead atoms. The summed E-state index contributed by atoms with van der Waals surface area (Å²) in [6, 6.07) is 9.15. The van der Waals surface area contributed by atoms with Crippen LogP contribution >= 0.6 is 0 Å². The Morgan fingerprint density at radius 2 is 1.92 bits per heavy atom. The Labute approximate surface area is 157 Å². The second-order valence-electron chi connectivity index (χ2n) is 7.85. The average molecular weight is 372 g/mol. The van der Waals surface area contributed by atoms with E-state index in [1.807, 2.05) is 18.2 Å². The van der Waals surface area contributed by atoms with Crippen molar-refractivity contribution in [1.29, 1.82) is 0 Å². The highest BCUT2D eigenvalue weighted by molar-refractivity contribution is 6.83. The lowest BCUT2D eigenvalue weighted by atomic mass is 9.89. The molecule has 1 aromatic carbocycles. The van der Waals surface area contributed by atoms with Crippen molar-refractivity contribution in [1.82, 2.24) is 4.90 Å². The van der Waals surface area contributed by atoms with E-state index in [9.17, 15) is 9.59 Å². The summed E-state index contributed by atoms with van der Waals surface area (Å²) in [5.74, 6) is 2.85. The van der Waals surface area contributed by atoms with Crippen LogP contribution in [0.2, 0.25) is 19.6 Å². The van der Waals surface area contributed by atoms with Crippen LogP contribution in [0.1, 0.15) is 42.5 Å². The predicted molar refractivity (Wildman–Crippen MR) is 106 cm³/mol. The van der Waals surface area contributed by atoms with Crippen LogP contribution in [-0.4, -0.2) is 44.0 Å². The molecular formula is C21H29NO3Si. The number of nitrogens with zero attached hydrogens (tertiary/aromatic N) is 1. The fourth-order valence-electron chi connectivity index (χ4n) is 3.47. The average Bonchev–Trinajstić information content (AvgIpc) is 3.05. The van der Waals surface area contributed by atoms with Gasteiger partial charge in [-0.1, -0.05) is 37.8 Å². The first-order valence-corrected chi connectivity index (χ1v) is 12.8. The Morgan fingerprint density at radius 1 is 1.23 bits per heavy atom. The van der Waals surface area contributed by atoms with Gasteiger partial charge in [0.1, 0.15) is 13.6 Å². The Kier molecular flexibility index (Phi) is 6.66. The minimum Gasteiger partial charge on any atom is -0.467 e. The molecular weight excluding hydrogens is 342 g/mol. The predicted octanol–water partition coefficient (Wildman–Crippen LogP) is 3.89. The number of ether oxygens (including phenoxy) is 1. The molecule has 0 aromatic heterocycles. The number of esters is 1. The highest BCUT2D eigenvalue weighted by Gasteiger charge is 2.50. The van der Waals surface area contributed by atoms with Gasteiger partial charge in [-0.25, -0.2) is 4.79 Å². The molecule has 0 saturated carbocycles. The van der Waals surface area contributed by atoms with Crippen molar-refractivity contribution in [3.05, 3.63) is 35.9 Å².